The third-order valence-electron chi connectivity index (χ3n) is 6.87. The van der Waals surface area contributed by atoms with Gasteiger partial charge in [-0.1, -0.05) is 43.0 Å². The first-order chi connectivity index (χ1) is 19.4. The summed E-state index contributed by atoms with van der Waals surface area (Å²) in [6.07, 6.45) is 1.23. The molecule has 0 aliphatic heterocycles. The first-order valence-corrected chi connectivity index (χ1v) is 12.6. The molecule has 2 aromatic heterocycles. The van der Waals surface area contributed by atoms with Gasteiger partial charge in [0.1, 0.15) is 33.4 Å². The van der Waals surface area contributed by atoms with E-state index in [1.807, 2.05) is 36.4 Å². The fraction of sp³-hybridized carbons (Fsp3) is 0.100. The number of aliphatic hydroxyl groups is 1. The van der Waals surface area contributed by atoms with Crippen LogP contribution in [0.4, 0.5) is 0 Å². The van der Waals surface area contributed by atoms with E-state index in [-0.39, 0.29) is 52.6 Å². The molecule has 40 heavy (non-hydrogen) atoms. The molecule has 10 heteroatoms. The van der Waals surface area contributed by atoms with E-state index >= 15 is 0 Å². The lowest BCUT2D eigenvalue weighted by atomic mass is 9.86. The van der Waals surface area contributed by atoms with Gasteiger partial charge in [0.05, 0.1) is 0 Å². The predicted octanol–water partition coefficient (Wildman–Crippen LogP) is 4.44. The molecule has 0 aliphatic carbocycles. The average molecular weight is 533 g/mol. The van der Waals surface area contributed by atoms with Gasteiger partial charge in [0.25, 0.3) is 0 Å². The summed E-state index contributed by atoms with van der Waals surface area (Å²) >= 11 is 0. The van der Waals surface area contributed by atoms with Crippen molar-refractivity contribution in [3.05, 3.63) is 96.1 Å². The quantitative estimate of drug-likeness (QED) is 0.203. The van der Waals surface area contributed by atoms with Gasteiger partial charge in [-0.25, -0.2) is 0 Å². The highest BCUT2D eigenvalue weighted by Crippen LogP contribution is 2.46. The van der Waals surface area contributed by atoms with Crippen LogP contribution in [0.1, 0.15) is 21.5 Å². The molecule has 0 radical (unpaired) electrons. The molecular formula is C30H24N6O4. The van der Waals surface area contributed by atoms with Crippen molar-refractivity contribution in [3.63, 3.8) is 0 Å². The summed E-state index contributed by atoms with van der Waals surface area (Å²) in [5, 5.41) is 51.3. The Morgan fingerprint density at radius 2 is 1.38 bits per heavy atom. The zero-order valence-electron chi connectivity index (χ0n) is 21.5. The molecule has 0 saturated carbocycles. The molecule has 0 aliphatic rings. The molecule has 2 heterocycles. The lowest BCUT2D eigenvalue weighted by Gasteiger charge is -2.21. The Morgan fingerprint density at radius 3 is 1.90 bits per heavy atom. The van der Waals surface area contributed by atoms with E-state index in [2.05, 4.69) is 27.0 Å². The molecular weight excluding hydrogens is 508 g/mol. The molecule has 3 N–H and O–H groups in total. The molecule has 4 aromatic carbocycles. The minimum atomic E-state index is -0.407. The highest BCUT2D eigenvalue weighted by Gasteiger charge is 2.29. The van der Waals surface area contributed by atoms with Crippen molar-refractivity contribution in [1.29, 1.82) is 0 Å². The number of aromatic nitrogens is 6. The van der Waals surface area contributed by atoms with E-state index in [4.69, 9.17) is 0 Å². The number of fused-ring (bicyclic) bond motifs is 2. The number of ketones is 1. The molecule has 10 nitrogen and oxygen atoms in total. The largest absolute Gasteiger partial charge is 0.505 e. The zero-order chi connectivity index (χ0) is 28.0. The van der Waals surface area contributed by atoms with Crippen LogP contribution >= 0.6 is 0 Å². The first-order valence-electron chi connectivity index (χ1n) is 12.6. The van der Waals surface area contributed by atoms with Crippen LogP contribution in [0.2, 0.25) is 0 Å². The number of hydrogen-bond donors (Lipinski definition) is 3. The van der Waals surface area contributed by atoms with Gasteiger partial charge in [-0.2, -0.15) is 0 Å². The van der Waals surface area contributed by atoms with Crippen molar-refractivity contribution in [2.24, 2.45) is 0 Å². The van der Waals surface area contributed by atoms with Gasteiger partial charge in [-0.15, -0.1) is 30.0 Å². The Labute approximate surface area is 228 Å². The molecule has 6 rings (SSSR count). The SMILES string of the molecule is C=CC(=O)c1c(C)c(-c2cccc(-n3nc4ccccc4n3)c2O)c(O)c(-n2nc3ccccc3n2)c1CCO. The molecule has 0 atom stereocenters. The summed E-state index contributed by atoms with van der Waals surface area (Å²) in [6, 6.07) is 19.5. The Morgan fingerprint density at radius 1 is 0.825 bits per heavy atom. The van der Waals surface area contributed by atoms with Crippen molar-refractivity contribution in [2.45, 2.75) is 13.3 Å². The van der Waals surface area contributed by atoms with Crippen LogP contribution in [-0.4, -0.2) is 57.7 Å². The minimum Gasteiger partial charge on any atom is -0.505 e. The topological polar surface area (TPSA) is 139 Å². The Hall–Kier alpha value is -5.35. The smallest absolute Gasteiger partial charge is 0.185 e. The molecule has 0 saturated heterocycles. The van der Waals surface area contributed by atoms with Gasteiger partial charge in [0.2, 0.25) is 0 Å². The second-order valence-corrected chi connectivity index (χ2v) is 9.22. The zero-order valence-corrected chi connectivity index (χ0v) is 21.5. The molecule has 0 fully saturated rings. The molecule has 0 bridgehead atoms. The molecule has 0 unspecified atom stereocenters. The van der Waals surface area contributed by atoms with E-state index in [1.54, 1.807) is 37.3 Å². The van der Waals surface area contributed by atoms with E-state index in [0.717, 1.165) is 0 Å². The van der Waals surface area contributed by atoms with Gasteiger partial charge < -0.3 is 15.3 Å². The van der Waals surface area contributed by atoms with Crippen LogP contribution in [-0.2, 0) is 6.42 Å². The normalized spacial score (nSPS) is 11.3. The van der Waals surface area contributed by atoms with Crippen LogP contribution in [0.5, 0.6) is 11.5 Å². The Kier molecular flexibility index (Phi) is 6.08. The van der Waals surface area contributed by atoms with Gasteiger partial charge in [-0.05, 0) is 60.9 Å². The van der Waals surface area contributed by atoms with E-state index < -0.39 is 5.78 Å². The third kappa shape index (κ3) is 3.89. The monoisotopic (exact) mass is 532 g/mol. The van der Waals surface area contributed by atoms with E-state index in [9.17, 15) is 20.1 Å². The maximum absolute atomic E-state index is 13.2. The van der Waals surface area contributed by atoms with Crippen LogP contribution in [0.25, 0.3) is 44.6 Å². The summed E-state index contributed by atoms with van der Waals surface area (Å²) < 4.78 is 0. The lowest BCUT2D eigenvalue weighted by molar-refractivity contribution is 0.104. The highest BCUT2D eigenvalue weighted by atomic mass is 16.3. The van der Waals surface area contributed by atoms with Crippen LogP contribution in [0.3, 0.4) is 0 Å². The fourth-order valence-corrected chi connectivity index (χ4v) is 5.07. The number of allylic oxidation sites excluding steroid dienone is 1. The number of para-hydroxylation sites is 1. The molecule has 0 spiro atoms. The van der Waals surface area contributed by atoms with Crippen molar-refractivity contribution in [3.8, 4) is 34.0 Å². The predicted molar refractivity (Wildman–Crippen MR) is 150 cm³/mol. The second kappa shape index (κ2) is 9.75. The van der Waals surface area contributed by atoms with Crippen molar-refractivity contribution < 1.29 is 20.1 Å². The number of carbonyl (C=O) groups excluding carboxylic acids is 1. The molecule has 6 aromatic rings. The maximum atomic E-state index is 13.2. The van der Waals surface area contributed by atoms with Crippen molar-refractivity contribution in [1.82, 2.24) is 30.0 Å². The molecule has 0 amide bonds. The van der Waals surface area contributed by atoms with Crippen LogP contribution < -0.4 is 0 Å². The summed E-state index contributed by atoms with van der Waals surface area (Å²) in [6.45, 7) is 5.04. The third-order valence-corrected chi connectivity index (χ3v) is 6.87. The number of phenols is 2. The second-order valence-electron chi connectivity index (χ2n) is 9.22. The fourth-order valence-electron chi connectivity index (χ4n) is 5.07. The maximum Gasteiger partial charge on any atom is 0.185 e. The van der Waals surface area contributed by atoms with Gasteiger partial charge in [0, 0.05) is 23.3 Å². The Bertz CT molecular complexity index is 1890. The number of nitrogens with zero attached hydrogens (tertiary/aromatic N) is 6. The number of rotatable bonds is 7. The van der Waals surface area contributed by atoms with Crippen molar-refractivity contribution >= 4 is 27.9 Å². The Balaban J connectivity index is 1.66. The summed E-state index contributed by atoms with van der Waals surface area (Å²) in [5.41, 5.74) is 4.34. The number of benzene rings is 4. The summed E-state index contributed by atoms with van der Waals surface area (Å²) in [4.78, 5) is 15.8. The first kappa shape index (κ1) is 25.0. The van der Waals surface area contributed by atoms with Gasteiger partial charge in [-0.3, -0.25) is 4.79 Å². The summed E-state index contributed by atoms with van der Waals surface area (Å²) in [5.74, 6) is -0.860. The lowest BCUT2D eigenvalue weighted by Crippen LogP contribution is -2.14. The number of hydrogen-bond acceptors (Lipinski definition) is 8. The minimum absolute atomic E-state index is 0.0482. The summed E-state index contributed by atoms with van der Waals surface area (Å²) in [7, 11) is 0. The average Bonchev–Trinajstić information content (AvgIpc) is 3.58. The standard InChI is InChI=1S/C30H24N6O4/c1-3-25(38)26-17(2)27(19-9-8-14-24(29(19)39)35-31-20-10-4-5-11-21(20)32-35)30(40)28(18(26)15-16-37)36-33-22-12-6-7-13-23(22)34-36/h3-14,37,39-40H,1,15-16H2,2H3. The highest BCUT2D eigenvalue weighted by molar-refractivity contribution is 6.09. The van der Waals surface area contributed by atoms with E-state index in [1.165, 1.54) is 15.7 Å². The van der Waals surface area contributed by atoms with Crippen LogP contribution in [0.15, 0.2) is 79.4 Å². The molecule has 198 valence electrons. The number of aliphatic hydroxyl groups excluding tert-OH is 1. The van der Waals surface area contributed by atoms with Gasteiger partial charge >= 0.3 is 0 Å². The van der Waals surface area contributed by atoms with Crippen LogP contribution in [0, 0.1) is 6.92 Å². The number of phenolic OH excluding ortho intramolecular Hbond substituents is 2. The number of aromatic hydroxyl groups is 2. The van der Waals surface area contributed by atoms with Crippen molar-refractivity contribution in [2.75, 3.05) is 6.61 Å². The van der Waals surface area contributed by atoms with Gasteiger partial charge in [0.15, 0.2) is 17.3 Å². The van der Waals surface area contributed by atoms with E-state index in [0.29, 0.717) is 33.2 Å². The number of carbonyl (C=O) groups is 1.